The fourth-order valence-electron chi connectivity index (χ4n) is 2.60. The van der Waals surface area contributed by atoms with Crippen LogP contribution in [-0.2, 0) is 0 Å². The van der Waals surface area contributed by atoms with Gasteiger partial charge in [0, 0.05) is 11.3 Å². The number of amides is 1. The lowest BCUT2D eigenvalue weighted by Crippen LogP contribution is -2.14. The van der Waals surface area contributed by atoms with Crippen LogP contribution in [0.5, 0.6) is 0 Å². The van der Waals surface area contributed by atoms with Gasteiger partial charge in [0.05, 0.1) is 16.9 Å². The van der Waals surface area contributed by atoms with Crippen molar-refractivity contribution >= 4 is 23.2 Å². The largest absolute Gasteiger partial charge is 0.444 e. The molecule has 0 bridgehead atoms. The minimum atomic E-state index is -0.406. The third-order valence-corrected chi connectivity index (χ3v) is 4.23. The third kappa shape index (κ3) is 3.45. The van der Waals surface area contributed by atoms with Gasteiger partial charge in [0.2, 0.25) is 5.82 Å². The first kappa shape index (κ1) is 17.0. The summed E-state index contributed by atoms with van der Waals surface area (Å²) in [5.41, 5.74) is 2.15. The van der Waals surface area contributed by atoms with E-state index in [2.05, 4.69) is 20.4 Å². The maximum Gasteiger partial charge on any atom is 0.295 e. The average molecular weight is 380 g/mol. The fourth-order valence-corrected chi connectivity index (χ4v) is 2.82. The summed E-state index contributed by atoms with van der Waals surface area (Å²) >= 11 is 6.21. The van der Waals surface area contributed by atoms with Crippen molar-refractivity contribution in [1.29, 1.82) is 0 Å². The number of oxazole rings is 1. The minimum Gasteiger partial charge on any atom is -0.444 e. The van der Waals surface area contributed by atoms with Crippen LogP contribution in [0.15, 0.2) is 65.5 Å². The van der Waals surface area contributed by atoms with Crippen LogP contribution in [0, 0.1) is 6.92 Å². The minimum absolute atomic E-state index is 0.0618. The summed E-state index contributed by atoms with van der Waals surface area (Å²) in [5.74, 6) is 0.876. The van der Waals surface area contributed by atoms with E-state index in [-0.39, 0.29) is 5.82 Å². The zero-order valence-corrected chi connectivity index (χ0v) is 15.0. The molecule has 2 aromatic heterocycles. The molecule has 0 aliphatic heterocycles. The maximum absolute atomic E-state index is 12.5. The smallest absolute Gasteiger partial charge is 0.295 e. The number of aromatic nitrogens is 4. The van der Waals surface area contributed by atoms with Crippen molar-refractivity contribution < 1.29 is 9.21 Å². The Morgan fingerprint density at radius 2 is 1.93 bits per heavy atom. The summed E-state index contributed by atoms with van der Waals surface area (Å²) in [6.45, 7) is 1.76. The van der Waals surface area contributed by atoms with Crippen LogP contribution in [0.25, 0.3) is 17.0 Å². The molecule has 0 atom stereocenters. The van der Waals surface area contributed by atoms with Crippen LogP contribution in [0.3, 0.4) is 0 Å². The summed E-state index contributed by atoms with van der Waals surface area (Å²) in [4.78, 5) is 20.6. The quantitative estimate of drug-likeness (QED) is 0.576. The number of carbonyl (C=O) groups is 1. The summed E-state index contributed by atoms with van der Waals surface area (Å²) in [7, 11) is 0. The number of hydrogen-bond donors (Lipinski definition) is 1. The van der Waals surface area contributed by atoms with Gasteiger partial charge in [0.1, 0.15) is 5.82 Å². The lowest BCUT2D eigenvalue weighted by Gasteiger charge is -2.05. The highest BCUT2D eigenvalue weighted by molar-refractivity contribution is 6.32. The van der Waals surface area contributed by atoms with Gasteiger partial charge in [-0.25, -0.2) is 14.6 Å². The second-order valence-electron chi connectivity index (χ2n) is 5.74. The number of aryl methyl sites for hydroxylation is 1. The molecule has 0 unspecified atom stereocenters. The first-order valence-corrected chi connectivity index (χ1v) is 8.48. The SMILES string of the molecule is Cc1nc(C(=O)Nc2ccc(-c3cnco3)cc2)nn1-c1ccccc1Cl. The fraction of sp³-hybridized carbons (Fsp3) is 0.0526. The molecular weight excluding hydrogens is 366 g/mol. The molecular formula is C19H14ClN5O2. The molecule has 0 spiro atoms. The van der Waals surface area contributed by atoms with E-state index in [0.29, 0.717) is 28.0 Å². The first-order valence-electron chi connectivity index (χ1n) is 8.10. The molecule has 2 heterocycles. The van der Waals surface area contributed by atoms with Gasteiger partial charge in [0.25, 0.3) is 5.91 Å². The van der Waals surface area contributed by atoms with Crippen molar-refractivity contribution in [3.63, 3.8) is 0 Å². The van der Waals surface area contributed by atoms with Gasteiger partial charge in [0.15, 0.2) is 12.2 Å². The molecule has 0 fully saturated rings. The van der Waals surface area contributed by atoms with Crippen molar-refractivity contribution in [3.05, 3.63) is 77.8 Å². The van der Waals surface area contributed by atoms with Gasteiger partial charge in [-0.1, -0.05) is 23.7 Å². The van der Waals surface area contributed by atoms with Crippen LogP contribution in [0.1, 0.15) is 16.4 Å². The lowest BCUT2D eigenvalue weighted by atomic mass is 10.1. The Labute approximate surface area is 159 Å². The average Bonchev–Trinajstić information content (AvgIpc) is 3.33. The Morgan fingerprint density at radius 3 is 2.63 bits per heavy atom. The van der Waals surface area contributed by atoms with E-state index >= 15 is 0 Å². The Bertz CT molecular complexity index is 1090. The van der Waals surface area contributed by atoms with E-state index in [9.17, 15) is 4.79 Å². The van der Waals surface area contributed by atoms with Crippen LogP contribution >= 0.6 is 11.6 Å². The van der Waals surface area contributed by atoms with Gasteiger partial charge in [-0.05, 0) is 43.3 Å². The number of hydrogen-bond acceptors (Lipinski definition) is 5. The molecule has 27 heavy (non-hydrogen) atoms. The lowest BCUT2D eigenvalue weighted by molar-refractivity contribution is 0.101. The molecule has 7 nitrogen and oxygen atoms in total. The van der Waals surface area contributed by atoms with Crippen LogP contribution < -0.4 is 5.32 Å². The van der Waals surface area contributed by atoms with Crippen LogP contribution in [0.4, 0.5) is 5.69 Å². The van der Waals surface area contributed by atoms with E-state index in [0.717, 1.165) is 5.56 Å². The molecule has 4 aromatic rings. The van der Waals surface area contributed by atoms with Gasteiger partial charge < -0.3 is 9.73 Å². The normalized spacial score (nSPS) is 10.7. The predicted octanol–water partition coefficient (Wildman–Crippen LogP) is 4.14. The van der Waals surface area contributed by atoms with Crippen LogP contribution in [-0.4, -0.2) is 25.7 Å². The molecule has 134 valence electrons. The highest BCUT2D eigenvalue weighted by atomic mass is 35.5. The number of anilines is 1. The number of benzene rings is 2. The van der Waals surface area contributed by atoms with E-state index < -0.39 is 5.91 Å². The summed E-state index contributed by atoms with van der Waals surface area (Å²) in [6.07, 6.45) is 3.00. The monoisotopic (exact) mass is 379 g/mol. The van der Waals surface area contributed by atoms with Gasteiger partial charge in [-0.15, -0.1) is 5.10 Å². The van der Waals surface area contributed by atoms with E-state index in [1.807, 2.05) is 30.3 Å². The molecule has 0 radical (unpaired) electrons. The summed E-state index contributed by atoms with van der Waals surface area (Å²) in [6, 6.07) is 14.4. The van der Waals surface area contributed by atoms with Crippen molar-refractivity contribution in [2.75, 3.05) is 5.32 Å². The maximum atomic E-state index is 12.5. The molecule has 1 N–H and O–H groups in total. The number of nitrogens with one attached hydrogen (secondary N) is 1. The molecule has 8 heteroatoms. The highest BCUT2D eigenvalue weighted by Gasteiger charge is 2.16. The van der Waals surface area contributed by atoms with Crippen LogP contribution in [0.2, 0.25) is 5.02 Å². The zero-order chi connectivity index (χ0) is 18.8. The van der Waals surface area contributed by atoms with E-state index in [1.165, 1.54) is 6.39 Å². The Balaban J connectivity index is 1.54. The molecule has 0 aliphatic carbocycles. The second kappa shape index (κ2) is 7.05. The molecule has 2 aromatic carbocycles. The van der Waals surface area contributed by atoms with E-state index in [1.54, 1.807) is 36.0 Å². The summed E-state index contributed by atoms with van der Waals surface area (Å²) in [5, 5.41) is 7.59. The molecule has 0 saturated heterocycles. The zero-order valence-electron chi connectivity index (χ0n) is 14.3. The topological polar surface area (TPSA) is 85.8 Å². The molecule has 4 rings (SSSR count). The number of rotatable bonds is 4. The van der Waals surface area contributed by atoms with Crippen molar-refractivity contribution in [1.82, 2.24) is 19.7 Å². The van der Waals surface area contributed by atoms with Crippen molar-refractivity contribution in [3.8, 4) is 17.0 Å². The Hall–Kier alpha value is -3.45. The molecule has 0 saturated carbocycles. The number of para-hydroxylation sites is 1. The predicted molar refractivity (Wildman–Crippen MR) is 101 cm³/mol. The highest BCUT2D eigenvalue weighted by Crippen LogP contribution is 2.22. The van der Waals surface area contributed by atoms with Crippen molar-refractivity contribution in [2.45, 2.75) is 6.92 Å². The summed E-state index contributed by atoms with van der Waals surface area (Å²) < 4.78 is 6.79. The second-order valence-corrected chi connectivity index (χ2v) is 6.15. The van der Waals surface area contributed by atoms with Gasteiger partial charge in [-0.2, -0.15) is 0 Å². The molecule has 0 aliphatic rings. The van der Waals surface area contributed by atoms with Gasteiger partial charge in [-0.3, -0.25) is 4.79 Å². The number of halogens is 1. The van der Waals surface area contributed by atoms with E-state index in [4.69, 9.17) is 16.0 Å². The Morgan fingerprint density at radius 1 is 1.15 bits per heavy atom. The number of carbonyl (C=O) groups excluding carboxylic acids is 1. The first-order chi connectivity index (χ1) is 13.1. The standard InChI is InChI=1S/C19H14ClN5O2/c1-12-22-18(24-25(12)16-5-3-2-4-15(16)20)19(26)23-14-8-6-13(7-9-14)17-10-21-11-27-17/h2-11H,1H3,(H,23,26). The third-order valence-electron chi connectivity index (χ3n) is 3.91. The number of nitrogens with zero attached hydrogens (tertiary/aromatic N) is 4. The Kier molecular flexibility index (Phi) is 4.43. The van der Waals surface area contributed by atoms with Gasteiger partial charge >= 0.3 is 0 Å². The van der Waals surface area contributed by atoms with Crippen molar-refractivity contribution in [2.24, 2.45) is 0 Å². The molecule has 1 amide bonds.